The summed E-state index contributed by atoms with van der Waals surface area (Å²) in [4.78, 5) is 0. The summed E-state index contributed by atoms with van der Waals surface area (Å²) in [6.07, 6.45) is 1.64. The average molecular weight is 310 g/mol. The van der Waals surface area contributed by atoms with E-state index in [2.05, 4.69) is 10.3 Å². The lowest BCUT2D eigenvalue weighted by molar-refractivity contribution is -0.268. The summed E-state index contributed by atoms with van der Waals surface area (Å²) >= 11 is 0. The van der Waals surface area contributed by atoms with E-state index in [1.165, 1.54) is 12.1 Å². The monoisotopic (exact) mass is 310 g/mol. The van der Waals surface area contributed by atoms with E-state index in [9.17, 15) is 5.11 Å². The zero-order valence-electron chi connectivity index (χ0n) is 12.2. The fraction of sp³-hybridized carbons (Fsp3) is 0.125. The molecule has 4 rings (SSSR count). The van der Waals surface area contributed by atoms with Crippen LogP contribution in [0, 0.1) is 0 Å². The molecule has 1 aromatic heterocycles. The van der Waals surface area contributed by atoms with Crippen molar-refractivity contribution >= 4 is 0 Å². The number of methoxy groups -OCH3 is 1. The smallest absolute Gasteiger partial charge is 0.231 e. The molecule has 0 fully saturated rings. The number of hydrogen-bond acceptors (Lipinski definition) is 6. The first-order valence-corrected chi connectivity index (χ1v) is 6.92. The van der Waals surface area contributed by atoms with E-state index in [1.54, 1.807) is 36.2 Å². The van der Waals surface area contributed by atoms with Crippen molar-refractivity contribution in [3.63, 3.8) is 0 Å². The maximum atomic E-state index is 11.3. The van der Waals surface area contributed by atoms with Crippen LogP contribution >= 0.6 is 0 Å². The third-order valence-corrected chi connectivity index (χ3v) is 3.59. The van der Waals surface area contributed by atoms with Gasteiger partial charge in [0, 0.05) is 17.7 Å². The molecule has 1 aliphatic rings. The van der Waals surface area contributed by atoms with Crippen molar-refractivity contribution < 1.29 is 19.3 Å². The second-order valence-electron chi connectivity index (χ2n) is 4.94. The van der Waals surface area contributed by atoms with Gasteiger partial charge in [0.05, 0.1) is 24.7 Å². The topological polar surface area (TPSA) is 81.5 Å². The standard InChI is InChI=1S/C16H13N3O4/c1-21-14-6-11(7-15-16(14)23-9-22-15)19-13(8-17-18-19)10-2-4-12(20)5-3-10/h2-8,20H,9H2,1H3/p-1. The molecule has 0 unspecified atom stereocenters. The lowest BCUT2D eigenvalue weighted by Crippen LogP contribution is -2.00. The minimum Gasteiger partial charge on any atom is -0.872 e. The molecule has 0 saturated carbocycles. The SMILES string of the molecule is COc1cc(-n2nncc2-c2ccc([O-])cc2)cc2c1OCO2. The molecule has 2 aromatic carbocycles. The van der Waals surface area contributed by atoms with Crippen molar-refractivity contribution in [1.82, 2.24) is 15.0 Å². The van der Waals surface area contributed by atoms with E-state index in [4.69, 9.17) is 14.2 Å². The van der Waals surface area contributed by atoms with E-state index < -0.39 is 0 Å². The molecule has 2 heterocycles. The van der Waals surface area contributed by atoms with Crippen LogP contribution < -0.4 is 19.3 Å². The highest BCUT2D eigenvalue weighted by Crippen LogP contribution is 2.43. The highest BCUT2D eigenvalue weighted by atomic mass is 16.7. The fourth-order valence-corrected chi connectivity index (χ4v) is 2.49. The van der Waals surface area contributed by atoms with Crippen LogP contribution in [0.25, 0.3) is 16.9 Å². The molecule has 116 valence electrons. The Balaban J connectivity index is 1.83. The fourth-order valence-electron chi connectivity index (χ4n) is 2.49. The Bertz CT molecular complexity index is 858. The van der Waals surface area contributed by atoms with Crippen LogP contribution in [0.15, 0.2) is 42.6 Å². The van der Waals surface area contributed by atoms with Gasteiger partial charge in [-0.2, -0.15) is 0 Å². The zero-order chi connectivity index (χ0) is 15.8. The summed E-state index contributed by atoms with van der Waals surface area (Å²) in [7, 11) is 1.57. The molecule has 23 heavy (non-hydrogen) atoms. The summed E-state index contributed by atoms with van der Waals surface area (Å²) in [6.45, 7) is 0.157. The molecule has 0 aliphatic carbocycles. The van der Waals surface area contributed by atoms with Gasteiger partial charge in [-0.05, 0) is 0 Å². The molecule has 7 nitrogen and oxygen atoms in total. The van der Waals surface area contributed by atoms with Crippen molar-refractivity contribution in [2.24, 2.45) is 0 Å². The van der Waals surface area contributed by atoms with Crippen molar-refractivity contribution in [2.75, 3.05) is 13.9 Å². The van der Waals surface area contributed by atoms with E-state index in [1.807, 2.05) is 6.07 Å². The summed E-state index contributed by atoms with van der Waals surface area (Å²) in [6, 6.07) is 10.1. The van der Waals surface area contributed by atoms with E-state index in [-0.39, 0.29) is 12.5 Å². The Morgan fingerprint density at radius 1 is 1.17 bits per heavy atom. The van der Waals surface area contributed by atoms with E-state index >= 15 is 0 Å². The molecular weight excluding hydrogens is 298 g/mol. The highest BCUT2D eigenvalue weighted by molar-refractivity contribution is 5.65. The molecule has 7 heteroatoms. The maximum absolute atomic E-state index is 11.3. The molecule has 0 spiro atoms. The Hall–Kier alpha value is -3.22. The van der Waals surface area contributed by atoms with Gasteiger partial charge in [0.25, 0.3) is 0 Å². The van der Waals surface area contributed by atoms with Crippen LogP contribution in [0.4, 0.5) is 0 Å². The van der Waals surface area contributed by atoms with Crippen LogP contribution in [-0.4, -0.2) is 28.9 Å². The van der Waals surface area contributed by atoms with Crippen LogP contribution in [0.1, 0.15) is 0 Å². The van der Waals surface area contributed by atoms with Gasteiger partial charge in [-0.25, -0.2) is 4.68 Å². The molecular formula is C16H12N3O4-. The number of aromatic nitrogens is 3. The summed E-state index contributed by atoms with van der Waals surface area (Å²) in [5.74, 6) is 1.69. The quantitative estimate of drug-likeness (QED) is 0.733. The van der Waals surface area contributed by atoms with Gasteiger partial charge in [0.1, 0.15) is 0 Å². The Morgan fingerprint density at radius 2 is 2.00 bits per heavy atom. The lowest BCUT2D eigenvalue weighted by Gasteiger charge is -2.11. The summed E-state index contributed by atoms with van der Waals surface area (Å²) in [5, 5.41) is 19.4. The molecule has 1 aliphatic heterocycles. The lowest BCUT2D eigenvalue weighted by atomic mass is 10.1. The van der Waals surface area contributed by atoms with Gasteiger partial charge in [0.2, 0.25) is 12.5 Å². The van der Waals surface area contributed by atoms with Gasteiger partial charge in [-0.1, -0.05) is 29.5 Å². The van der Waals surface area contributed by atoms with Crippen LogP contribution in [0.3, 0.4) is 0 Å². The van der Waals surface area contributed by atoms with Crippen LogP contribution in [0.2, 0.25) is 0 Å². The van der Waals surface area contributed by atoms with Crippen molar-refractivity contribution in [3.05, 3.63) is 42.6 Å². The van der Waals surface area contributed by atoms with Crippen LogP contribution in [0.5, 0.6) is 23.0 Å². The molecule has 0 amide bonds. The zero-order valence-corrected chi connectivity index (χ0v) is 12.2. The molecule has 0 radical (unpaired) electrons. The van der Waals surface area contributed by atoms with Gasteiger partial charge < -0.3 is 19.3 Å². The van der Waals surface area contributed by atoms with Gasteiger partial charge in [-0.15, -0.1) is 10.8 Å². The largest absolute Gasteiger partial charge is 0.872 e. The third kappa shape index (κ3) is 2.22. The Morgan fingerprint density at radius 3 is 2.78 bits per heavy atom. The third-order valence-electron chi connectivity index (χ3n) is 3.59. The number of ether oxygens (including phenoxy) is 3. The number of nitrogens with zero attached hydrogens (tertiary/aromatic N) is 3. The first-order chi connectivity index (χ1) is 11.3. The molecule has 0 N–H and O–H groups in total. The first-order valence-electron chi connectivity index (χ1n) is 6.92. The van der Waals surface area contributed by atoms with E-state index in [0.29, 0.717) is 17.2 Å². The second kappa shape index (κ2) is 5.20. The number of hydrogen-bond donors (Lipinski definition) is 0. The number of benzene rings is 2. The van der Waals surface area contributed by atoms with Crippen LogP contribution in [-0.2, 0) is 0 Å². The van der Waals surface area contributed by atoms with Gasteiger partial charge in [-0.3, -0.25) is 0 Å². The normalized spacial score (nSPS) is 12.4. The minimum absolute atomic E-state index is 0.0440. The predicted molar refractivity (Wildman–Crippen MR) is 78.9 cm³/mol. The van der Waals surface area contributed by atoms with Crippen molar-refractivity contribution in [3.8, 4) is 39.9 Å². The predicted octanol–water partition coefficient (Wildman–Crippen LogP) is 1.75. The number of rotatable bonds is 3. The van der Waals surface area contributed by atoms with Crippen molar-refractivity contribution in [2.45, 2.75) is 0 Å². The molecule has 3 aromatic rings. The maximum Gasteiger partial charge on any atom is 0.231 e. The Kier molecular flexibility index (Phi) is 3.04. The highest BCUT2D eigenvalue weighted by Gasteiger charge is 2.22. The summed E-state index contributed by atoms with van der Waals surface area (Å²) in [5.41, 5.74) is 2.32. The van der Waals surface area contributed by atoms with E-state index in [0.717, 1.165) is 16.9 Å². The van der Waals surface area contributed by atoms with Crippen molar-refractivity contribution in [1.29, 1.82) is 0 Å². The van der Waals surface area contributed by atoms with Gasteiger partial charge >= 0.3 is 0 Å². The average Bonchev–Trinajstić information content (AvgIpc) is 3.23. The number of fused-ring (bicyclic) bond motifs is 1. The molecule has 0 saturated heterocycles. The first kappa shape index (κ1) is 13.4. The summed E-state index contributed by atoms with van der Waals surface area (Å²) < 4.78 is 17.8. The molecule has 0 atom stereocenters. The molecule has 0 bridgehead atoms. The Labute approximate surface area is 131 Å². The second-order valence-corrected chi connectivity index (χ2v) is 4.94. The van der Waals surface area contributed by atoms with Gasteiger partial charge in [0.15, 0.2) is 11.5 Å². The minimum atomic E-state index is -0.0440.